The van der Waals surface area contributed by atoms with Crippen LogP contribution < -0.4 is 5.32 Å². The van der Waals surface area contributed by atoms with Crippen molar-refractivity contribution in [1.82, 2.24) is 19.9 Å². The molecule has 3 heterocycles. The van der Waals surface area contributed by atoms with Gasteiger partial charge in [0.05, 0.1) is 17.2 Å². The van der Waals surface area contributed by atoms with Crippen LogP contribution in [0.1, 0.15) is 36.7 Å². The van der Waals surface area contributed by atoms with E-state index in [0.717, 1.165) is 63.5 Å². The van der Waals surface area contributed by atoms with Crippen LogP contribution >= 0.6 is 0 Å². The molecular weight excluding hydrogens is 461 g/mol. The van der Waals surface area contributed by atoms with E-state index in [1.165, 1.54) is 30.7 Å². The Morgan fingerprint density at radius 3 is 2.73 bits per heavy atom. The highest BCUT2D eigenvalue weighted by Crippen LogP contribution is 2.30. The van der Waals surface area contributed by atoms with Crippen molar-refractivity contribution in [3.8, 4) is 11.1 Å². The van der Waals surface area contributed by atoms with Crippen molar-refractivity contribution in [3.05, 3.63) is 108 Å². The Balaban J connectivity index is 1.49. The number of halogens is 1. The molecule has 1 aliphatic heterocycles. The minimum absolute atomic E-state index is 0.279. The van der Waals surface area contributed by atoms with Gasteiger partial charge in [-0.25, -0.2) is 9.37 Å². The number of hydrogen-bond donors (Lipinski definition) is 2. The third-order valence-electron chi connectivity index (χ3n) is 6.94. The molecule has 1 saturated heterocycles. The molecule has 0 radical (unpaired) electrons. The van der Waals surface area contributed by atoms with Crippen LogP contribution in [0.2, 0.25) is 0 Å². The van der Waals surface area contributed by atoms with Gasteiger partial charge in [0.2, 0.25) is 0 Å². The molecule has 0 atom stereocenters. The van der Waals surface area contributed by atoms with E-state index in [0.29, 0.717) is 6.42 Å². The number of nitrogens with zero attached hydrogens (tertiary/aromatic N) is 3. The predicted octanol–water partition coefficient (Wildman–Crippen LogP) is 6.97. The maximum atomic E-state index is 13.9. The van der Waals surface area contributed by atoms with Crippen LogP contribution in [0, 0.1) is 5.82 Å². The zero-order valence-corrected chi connectivity index (χ0v) is 21.4. The average molecular weight is 494 g/mol. The number of allylic oxidation sites excluding steroid dienone is 4. The minimum atomic E-state index is -0.279. The number of pyridine rings is 1. The lowest BCUT2D eigenvalue weighted by Gasteiger charge is -2.19. The first-order valence-corrected chi connectivity index (χ1v) is 12.7. The molecule has 6 heteroatoms. The van der Waals surface area contributed by atoms with Gasteiger partial charge in [0, 0.05) is 49.7 Å². The van der Waals surface area contributed by atoms with Crippen molar-refractivity contribution in [2.24, 2.45) is 0 Å². The molecule has 0 amide bonds. The first kappa shape index (κ1) is 24.5. The van der Waals surface area contributed by atoms with Gasteiger partial charge in [-0.3, -0.25) is 4.98 Å². The topological polar surface area (TPSA) is 56.8 Å². The zero-order chi connectivity index (χ0) is 25.8. The fourth-order valence-corrected chi connectivity index (χ4v) is 5.03. The second-order valence-corrected chi connectivity index (χ2v) is 9.29. The van der Waals surface area contributed by atoms with Crippen LogP contribution in [0.4, 0.5) is 10.1 Å². The van der Waals surface area contributed by atoms with Crippen LogP contribution in [-0.2, 0) is 6.42 Å². The van der Waals surface area contributed by atoms with Gasteiger partial charge in [-0.1, -0.05) is 30.9 Å². The number of likely N-dealkylation sites (tertiary alicyclic amines) is 1. The van der Waals surface area contributed by atoms with E-state index in [-0.39, 0.29) is 5.82 Å². The Morgan fingerprint density at radius 1 is 1.16 bits per heavy atom. The van der Waals surface area contributed by atoms with Gasteiger partial charge in [0.1, 0.15) is 11.6 Å². The van der Waals surface area contributed by atoms with Crippen molar-refractivity contribution in [3.63, 3.8) is 0 Å². The Bertz CT molecular complexity index is 1490. The zero-order valence-electron chi connectivity index (χ0n) is 21.4. The molecular formula is C31H32FN5. The molecule has 0 spiro atoms. The van der Waals surface area contributed by atoms with Crippen molar-refractivity contribution >= 4 is 22.3 Å². The summed E-state index contributed by atoms with van der Waals surface area (Å²) in [6.07, 6.45) is 12.9. The van der Waals surface area contributed by atoms with Crippen molar-refractivity contribution in [1.29, 1.82) is 0 Å². The molecule has 4 aromatic rings. The third-order valence-corrected chi connectivity index (χ3v) is 6.94. The molecule has 0 bridgehead atoms. The number of benzene rings is 2. The van der Waals surface area contributed by atoms with Gasteiger partial charge in [0.15, 0.2) is 0 Å². The second kappa shape index (κ2) is 10.8. The molecule has 2 N–H and O–H groups in total. The van der Waals surface area contributed by atoms with Gasteiger partial charge < -0.3 is 15.2 Å². The molecule has 5 nitrogen and oxygen atoms in total. The van der Waals surface area contributed by atoms with Gasteiger partial charge in [-0.2, -0.15) is 0 Å². The quantitative estimate of drug-likeness (QED) is 0.260. The first-order valence-electron chi connectivity index (χ1n) is 12.7. The highest BCUT2D eigenvalue weighted by Gasteiger charge is 2.15. The Kier molecular flexibility index (Phi) is 7.17. The highest BCUT2D eigenvalue weighted by atomic mass is 19.1. The number of hydrogen-bond acceptors (Lipinski definition) is 4. The van der Waals surface area contributed by atoms with Crippen LogP contribution in [0.25, 0.3) is 27.7 Å². The summed E-state index contributed by atoms with van der Waals surface area (Å²) in [5.74, 6) is 0.551. The summed E-state index contributed by atoms with van der Waals surface area (Å²) in [5, 5.41) is 3.32. The fraction of sp³-hybridized carbons (Fsp3) is 0.226. The number of aromatic amines is 1. The monoisotopic (exact) mass is 493 g/mol. The fourth-order valence-electron chi connectivity index (χ4n) is 5.03. The second-order valence-electron chi connectivity index (χ2n) is 9.29. The van der Waals surface area contributed by atoms with Crippen LogP contribution in [-0.4, -0.2) is 40.0 Å². The number of nitrogens with one attached hydrogen (secondary N) is 2. The summed E-state index contributed by atoms with van der Waals surface area (Å²) in [7, 11) is 1.93. The lowest BCUT2D eigenvalue weighted by Crippen LogP contribution is -2.17. The SMILES string of the molecule is C=C/C(=C\C(=C/C)c1ccc(NC)c(Cc2nc3c(-c4cccc(F)c4)cncc3[nH]2)c1)N1CCCC1. The first-order chi connectivity index (χ1) is 18.1. The molecule has 2 aromatic heterocycles. The molecule has 0 aliphatic carbocycles. The van der Waals surface area contributed by atoms with E-state index >= 15 is 0 Å². The lowest BCUT2D eigenvalue weighted by molar-refractivity contribution is 0.441. The van der Waals surface area contributed by atoms with E-state index in [9.17, 15) is 4.39 Å². The van der Waals surface area contributed by atoms with E-state index < -0.39 is 0 Å². The van der Waals surface area contributed by atoms with E-state index in [1.807, 2.05) is 19.2 Å². The van der Waals surface area contributed by atoms with Gasteiger partial charge in [-0.15, -0.1) is 0 Å². The smallest absolute Gasteiger partial charge is 0.123 e. The molecule has 1 fully saturated rings. The summed E-state index contributed by atoms with van der Waals surface area (Å²) >= 11 is 0. The summed E-state index contributed by atoms with van der Waals surface area (Å²) in [4.78, 5) is 15.1. The summed E-state index contributed by atoms with van der Waals surface area (Å²) in [5.41, 5.74) is 8.84. The number of fused-ring (bicyclic) bond motifs is 1. The van der Waals surface area contributed by atoms with Crippen molar-refractivity contribution in [2.75, 3.05) is 25.5 Å². The number of H-pyrrole nitrogens is 1. The van der Waals surface area contributed by atoms with Crippen molar-refractivity contribution in [2.45, 2.75) is 26.2 Å². The molecule has 188 valence electrons. The maximum absolute atomic E-state index is 13.9. The molecule has 37 heavy (non-hydrogen) atoms. The van der Waals surface area contributed by atoms with Crippen LogP contribution in [0.5, 0.6) is 0 Å². The molecule has 0 unspecified atom stereocenters. The number of imidazole rings is 1. The number of rotatable bonds is 8. The van der Waals surface area contributed by atoms with E-state index in [4.69, 9.17) is 4.98 Å². The molecule has 5 rings (SSSR count). The normalized spacial score (nSPS) is 14.4. The maximum Gasteiger partial charge on any atom is 0.123 e. The Morgan fingerprint density at radius 2 is 2.00 bits per heavy atom. The highest BCUT2D eigenvalue weighted by molar-refractivity contribution is 5.91. The van der Waals surface area contributed by atoms with Gasteiger partial charge >= 0.3 is 0 Å². The standard InChI is InChI=1S/C31H32FN5/c1-4-21(17-26(5-2)37-13-6-7-14-37)22-11-12-28(33-3)24(15-22)18-30-35-29-20-34-19-27(31(29)36-30)23-9-8-10-25(32)16-23/h4-5,8-12,15-17,19-20,33H,2,6-7,13-14,18H2,1,3H3,(H,35,36)/b21-4+,26-17+. The number of anilines is 1. The average Bonchev–Trinajstić information content (AvgIpc) is 3.59. The molecule has 0 saturated carbocycles. The van der Waals surface area contributed by atoms with Gasteiger partial charge in [-0.05, 0) is 78.4 Å². The third kappa shape index (κ3) is 5.19. The molecule has 2 aromatic carbocycles. The van der Waals surface area contributed by atoms with Crippen LogP contribution in [0.15, 0.2) is 85.4 Å². The summed E-state index contributed by atoms with van der Waals surface area (Å²) in [6, 6.07) is 13.0. The largest absolute Gasteiger partial charge is 0.388 e. The van der Waals surface area contributed by atoms with Gasteiger partial charge in [0.25, 0.3) is 0 Å². The van der Waals surface area contributed by atoms with E-state index in [1.54, 1.807) is 18.5 Å². The van der Waals surface area contributed by atoms with E-state index in [2.05, 4.69) is 64.0 Å². The Labute approximate surface area is 217 Å². The number of aromatic nitrogens is 3. The van der Waals surface area contributed by atoms with Crippen molar-refractivity contribution < 1.29 is 4.39 Å². The minimum Gasteiger partial charge on any atom is -0.388 e. The lowest BCUT2D eigenvalue weighted by atomic mass is 9.98. The Hall–Kier alpha value is -4.19. The predicted molar refractivity (Wildman–Crippen MR) is 151 cm³/mol. The summed E-state index contributed by atoms with van der Waals surface area (Å²) in [6.45, 7) is 8.29. The summed E-state index contributed by atoms with van der Waals surface area (Å²) < 4.78 is 13.9. The van der Waals surface area contributed by atoms with Crippen LogP contribution in [0.3, 0.4) is 0 Å². The molecule has 1 aliphatic rings.